The van der Waals surface area contributed by atoms with E-state index in [2.05, 4.69) is 31.2 Å². The monoisotopic (exact) mass is 249 g/mol. The van der Waals surface area contributed by atoms with Gasteiger partial charge in [-0.25, -0.2) is 0 Å². The van der Waals surface area contributed by atoms with Crippen LogP contribution in [0.2, 0.25) is 0 Å². The molecule has 0 saturated carbocycles. The average Bonchev–Trinajstić information content (AvgIpc) is 2.39. The van der Waals surface area contributed by atoms with Gasteiger partial charge in [0.15, 0.2) is 0 Å². The highest BCUT2D eigenvalue weighted by molar-refractivity contribution is 5.31. The van der Waals surface area contributed by atoms with Crippen LogP contribution in [0, 0.1) is 0 Å². The lowest BCUT2D eigenvalue weighted by Crippen LogP contribution is -2.45. The second kappa shape index (κ2) is 5.83. The number of ether oxygens (including phenoxy) is 2. The normalized spacial score (nSPS) is 22.3. The van der Waals surface area contributed by atoms with Crippen LogP contribution in [0.1, 0.15) is 37.0 Å². The van der Waals surface area contributed by atoms with Crippen LogP contribution in [-0.4, -0.2) is 25.9 Å². The van der Waals surface area contributed by atoms with E-state index in [4.69, 9.17) is 15.2 Å². The van der Waals surface area contributed by atoms with Crippen molar-refractivity contribution in [3.63, 3.8) is 0 Å². The standard InChI is InChI=1S/C15H23NO2/c1-3-15(16,11-17-2)10-14-13-7-5-4-6-12(13)8-9-18-14/h4-7,14H,3,8-11,16H2,1-2H3. The predicted octanol–water partition coefficient (Wildman–Crippen LogP) is 2.44. The van der Waals surface area contributed by atoms with Gasteiger partial charge in [0.2, 0.25) is 0 Å². The summed E-state index contributed by atoms with van der Waals surface area (Å²) < 4.78 is 11.2. The van der Waals surface area contributed by atoms with Gasteiger partial charge in [-0.3, -0.25) is 0 Å². The maximum absolute atomic E-state index is 6.39. The summed E-state index contributed by atoms with van der Waals surface area (Å²) in [5.41, 5.74) is 8.78. The largest absolute Gasteiger partial charge is 0.383 e. The Hall–Kier alpha value is -0.900. The van der Waals surface area contributed by atoms with Crippen molar-refractivity contribution in [2.24, 2.45) is 5.73 Å². The molecule has 2 unspecified atom stereocenters. The number of rotatable bonds is 5. The van der Waals surface area contributed by atoms with E-state index in [1.54, 1.807) is 7.11 Å². The van der Waals surface area contributed by atoms with Gasteiger partial charge in [-0.05, 0) is 30.4 Å². The highest BCUT2D eigenvalue weighted by Gasteiger charge is 2.31. The fourth-order valence-electron chi connectivity index (χ4n) is 2.61. The smallest absolute Gasteiger partial charge is 0.0846 e. The summed E-state index contributed by atoms with van der Waals surface area (Å²) in [6, 6.07) is 8.50. The SMILES string of the molecule is CCC(N)(COC)CC1OCCc2ccccc21. The third kappa shape index (κ3) is 2.91. The molecular formula is C15H23NO2. The topological polar surface area (TPSA) is 44.5 Å². The molecule has 2 N–H and O–H groups in total. The van der Waals surface area contributed by atoms with Crippen molar-refractivity contribution in [2.75, 3.05) is 20.3 Å². The summed E-state index contributed by atoms with van der Waals surface area (Å²) in [7, 11) is 1.70. The van der Waals surface area contributed by atoms with Crippen molar-refractivity contribution in [2.45, 2.75) is 37.8 Å². The van der Waals surface area contributed by atoms with Crippen LogP contribution in [0.4, 0.5) is 0 Å². The van der Waals surface area contributed by atoms with E-state index in [9.17, 15) is 0 Å². The van der Waals surface area contributed by atoms with Crippen molar-refractivity contribution in [3.05, 3.63) is 35.4 Å². The lowest BCUT2D eigenvalue weighted by Gasteiger charge is -2.34. The minimum absolute atomic E-state index is 0.107. The number of methoxy groups -OCH3 is 1. The quantitative estimate of drug-likeness (QED) is 0.871. The van der Waals surface area contributed by atoms with Crippen LogP contribution in [0.15, 0.2) is 24.3 Å². The van der Waals surface area contributed by atoms with E-state index >= 15 is 0 Å². The zero-order chi connectivity index (χ0) is 13.0. The van der Waals surface area contributed by atoms with Gasteiger partial charge in [0.1, 0.15) is 0 Å². The Balaban J connectivity index is 2.15. The van der Waals surface area contributed by atoms with E-state index in [1.807, 2.05) is 0 Å². The molecule has 3 heteroatoms. The lowest BCUT2D eigenvalue weighted by molar-refractivity contribution is 0.00608. The molecule has 1 aliphatic heterocycles. The van der Waals surface area contributed by atoms with Gasteiger partial charge in [0, 0.05) is 12.6 Å². The second-order valence-electron chi connectivity index (χ2n) is 5.16. The Bertz CT molecular complexity index is 394. The molecule has 1 aliphatic rings. The van der Waals surface area contributed by atoms with Crippen molar-refractivity contribution < 1.29 is 9.47 Å². The van der Waals surface area contributed by atoms with Crippen LogP contribution >= 0.6 is 0 Å². The van der Waals surface area contributed by atoms with Crippen LogP contribution in [0.5, 0.6) is 0 Å². The maximum atomic E-state index is 6.39. The zero-order valence-electron chi connectivity index (χ0n) is 11.3. The lowest BCUT2D eigenvalue weighted by atomic mass is 9.86. The fraction of sp³-hybridized carbons (Fsp3) is 0.600. The van der Waals surface area contributed by atoms with Crippen LogP contribution in [-0.2, 0) is 15.9 Å². The third-order valence-electron chi connectivity index (χ3n) is 3.82. The molecule has 2 atom stereocenters. The van der Waals surface area contributed by atoms with E-state index in [1.165, 1.54) is 11.1 Å². The number of nitrogens with two attached hydrogens (primary N) is 1. The van der Waals surface area contributed by atoms with Crippen LogP contribution in [0.3, 0.4) is 0 Å². The van der Waals surface area contributed by atoms with Crippen molar-refractivity contribution in [3.8, 4) is 0 Å². The third-order valence-corrected chi connectivity index (χ3v) is 3.82. The molecule has 0 fully saturated rings. The Labute approximate surface area is 109 Å². The maximum Gasteiger partial charge on any atom is 0.0846 e. The van der Waals surface area contributed by atoms with Crippen LogP contribution in [0.25, 0.3) is 0 Å². The zero-order valence-corrected chi connectivity index (χ0v) is 11.3. The van der Waals surface area contributed by atoms with Crippen LogP contribution < -0.4 is 5.73 Å². The molecule has 0 amide bonds. The molecule has 0 spiro atoms. The molecule has 0 aliphatic carbocycles. The van der Waals surface area contributed by atoms with Gasteiger partial charge in [0.05, 0.1) is 19.3 Å². The highest BCUT2D eigenvalue weighted by atomic mass is 16.5. The summed E-state index contributed by atoms with van der Waals surface area (Å²) in [4.78, 5) is 0. The number of benzene rings is 1. The van der Waals surface area contributed by atoms with Gasteiger partial charge < -0.3 is 15.2 Å². The summed E-state index contributed by atoms with van der Waals surface area (Å²) >= 11 is 0. The summed E-state index contributed by atoms with van der Waals surface area (Å²) in [5.74, 6) is 0. The van der Waals surface area contributed by atoms with Crippen molar-refractivity contribution in [1.82, 2.24) is 0 Å². The Morgan fingerprint density at radius 3 is 2.94 bits per heavy atom. The Morgan fingerprint density at radius 1 is 1.44 bits per heavy atom. The number of fused-ring (bicyclic) bond motifs is 1. The molecule has 0 bridgehead atoms. The first-order chi connectivity index (χ1) is 8.68. The predicted molar refractivity (Wildman–Crippen MR) is 72.5 cm³/mol. The van der Waals surface area contributed by atoms with Gasteiger partial charge in [-0.2, -0.15) is 0 Å². The van der Waals surface area contributed by atoms with Crippen molar-refractivity contribution >= 4 is 0 Å². The molecule has 3 nitrogen and oxygen atoms in total. The minimum Gasteiger partial charge on any atom is -0.383 e. The van der Waals surface area contributed by atoms with Gasteiger partial charge in [-0.15, -0.1) is 0 Å². The number of hydrogen-bond acceptors (Lipinski definition) is 3. The second-order valence-corrected chi connectivity index (χ2v) is 5.16. The minimum atomic E-state index is -0.302. The molecule has 0 radical (unpaired) electrons. The van der Waals surface area contributed by atoms with Gasteiger partial charge in [0.25, 0.3) is 0 Å². The highest BCUT2D eigenvalue weighted by Crippen LogP contribution is 2.33. The molecule has 1 aromatic carbocycles. The van der Waals surface area contributed by atoms with Gasteiger partial charge in [-0.1, -0.05) is 31.2 Å². The summed E-state index contributed by atoms with van der Waals surface area (Å²) in [5, 5.41) is 0. The van der Waals surface area contributed by atoms with E-state index in [-0.39, 0.29) is 11.6 Å². The Morgan fingerprint density at radius 2 is 2.22 bits per heavy atom. The molecule has 1 heterocycles. The fourth-order valence-corrected chi connectivity index (χ4v) is 2.61. The molecule has 0 aromatic heterocycles. The summed E-state index contributed by atoms with van der Waals surface area (Å²) in [6.45, 7) is 3.47. The molecule has 100 valence electrons. The molecule has 1 aromatic rings. The summed E-state index contributed by atoms with van der Waals surface area (Å²) in [6.07, 6.45) is 2.81. The first kappa shape index (κ1) is 13.5. The van der Waals surface area contributed by atoms with Gasteiger partial charge >= 0.3 is 0 Å². The Kier molecular flexibility index (Phi) is 4.38. The average molecular weight is 249 g/mol. The van der Waals surface area contributed by atoms with E-state index in [0.717, 1.165) is 25.9 Å². The molecular weight excluding hydrogens is 226 g/mol. The molecule has 0 saturated heterocycles. The number of hydrogen-bond donors (Lipinski definition) is 1. The first-order valence-corrected chi connectivity index (χ1v) is 6.66. The van der Waals surface area contributed by atoms with E-state index < -0.39 is 0 Å². The first-order valence-electron chi connectivity index (χ1n) is 6.66. The van der Waals surface area contributed by atoms with E-state index in [0.29, 0.717) is 6.61 Å². The van der Waals surface area contributed by atoms with Crippen molar-refractivity contribution in [1.29, 1.82) is 0 Å². The molecule has 18 heavy (non-hydrogen) atoms. The molecule has 2 rings (SSSR count).